The SMILES string of the molecule is ClC1=CCCCCCCCCCC1. The molecule has 0 nitrogen and oxygen atoms in total. The quantitative estimate of drug-likeness (QED) is 0.515. The lowest BCUT2D eigenvalue weighted by Gasteiger charge is -2.04. The maximum atomic E-state index is 6.07. The van der Waals surface area contributed by atoms with E-state index < -0.39 is 0 Å². The number of hydrogen-bond acceptors (Lipinski definition) is 0. The topological polar surface area (TPSA) is 0 Å². The molecule has 0 amide bonds. The van der Waals surface area contributed by atoms with Crippen molar-refractivity contribution in [2.24, 2.45) is 0 Å². The fraction of sp³-hybridized carbons (Fsp3) is 0.833. The van der Waals surface area contributed by atoms with Crippen LogP contribution in [0.4, 0.5) is 0 Å². The third-order valence-electron chi connectivity index (χ3n) is 2.74. The Hall–Kier alpha value is 0.0300. The summed E-state index contributed by atoms with van der Waals surface area (Å²) in [5, 5.41) is 1.10. The van der Waals surface area contributed by atoms with Crippen molar-refractivity contribution in [3.8, 4) is 0 Å². The van der Waals surface area contributed by atoms with Gasteiger partial charge >= 0.3 is 0 Å². The second kappa shape index (κ2) is 7.44. The number of rotatable bonds is 0. The van der Waals surface area contributed by atoms with Crippen molar-refractivity contribution < 1.29 is 0 Å². The average Bonchev–Trinajstić information content (AvgIpc) is 2.11. The zero-order chi connectivity index (χ0) is 9.36. The minimum atomic E-state index is 1.10. The Morgan fingerprint density at radius 2 is 1.31 bits per heavy atom. The van der Waals surface area contributed by atoms with Gasteiger partial charge in [0.2, 0.25) is 0 Å². The van der Waals surface area contributed by atoms with Gasteiger partial charge in [0.05, 0.1) is 0 Å². The van der Waals surface area contributed by atoms with Gasteiger partial charge in [-0.3, -0.25) is 0 Å². The van der Waals surface area contributed by atoms with Crippen molar-refractivity contribution in [3.63, 3.8) is 0 Å². The summed E-state index contributed by atoms with van der Waals surface area (Å²) in [6.45, 7) is 0. The van der Waals surface area contributed by atoms with Crippen molar-refractivity contribution in [3.05, 3.63) is 11.1 Å². The van der Waals surface area contributed by atoms with E-state index in [2.05, 4.69) is 6.08 Å². The fourth-order valence-corrected chi connectivity index (χ4v) is 2.10. The van der Waals surface area contributed by atoms with Gasteiger partial charge in [0.15, 0.2) is 0 Å². The first-order valence-electron chi connectivity index (χ1n) is 5.74. The minimum Gasteiger partial charge on any atom is -0.0895 e. The lowest BCUT2D eigenvalue weighted by molar-refractivity contribution is 0.565. The third-order valence-corrected chi connectivity index (χ3v) is 3.08. The summed E-state index contributed by atoms with van der Waals surface area (Å²) in [5.41, 5.74) is 0. The first kappa shape index (κ1) is 11.1. The lowest BCUT2D eigenvalue weighted by Crippen LogP contribution is -1.84. The molecular formula is C12H21Cl. The zero-order valence-corrected chi connectivity index (χ0v) is 9.28. The molecule has 0 atom stereocenters. The minimum absolute atomic E-state index is 1.10. The Labute approximate surface area is 87.4 Å². The molecule has 1 aliphatic carbocycles. The highest BCUT2D eigenvalue weighted by atomic mass is 35.5. The smallest absolute Gasteiger partial charge is 0.0141 e. The highest BCUT2D eigenvalue weighted by Gasteiger charge is 1.97. The molecule has 0 heterocycles. The molecular weight excluding hydrogens is 180 g/mol. The van der Waals surface area contributed by atoms with E-state index in [4.69, 9.17) is 11.6 Å². The van der Waals surface area contributed by atoms with E-state index in [0.717, 1.165) is 11.5 Å². The molecule has 76 valence electrons. The Bertz CT molecular complexity index is 149. The van der Waals surface area contributed by atoms with Crippen molar-refractivity contribution >= 4 is 11.6 Å². The molecule has 0 N–H and O–H groups in total. The third kappa shape index (κ3) is 6.15. The van der Waals surface area contributed by atoms with Crippen molar-refractivity contribution in [1.82, 2.24) is 0 Å². The van der Waals surface area contributed by atoms with E-state index in [0.29, 0.717) is 0 Å². The van der Waals surface area contributed by atoms with Crippen molar-refractivity contribution in [2.45, 2.75) is 64.2 Å². The maximum Gasteiger partial charge on any atom is 0.0141 e. The van der Waals surface area contributed by atoms with Crippen LogP contribution in [0.1, 0.15) is 64.2 Å². The van der Waals surface area contributed by atoms with Gasteiger partial charge in [-0.05, 0) is 25.7 Å². The predicted molar refractivity (Wildman–Crippen MR) is 60.1 cm³/mol. The van der Waals surface area contributed by atoms with Gasteiger partial charge in [0.1, 0.15) is 0 Å². The molecule has 0 unspecified atom stereocenters. The lowest BCUT2D eigenvalue weighted by atomic mass is 10.0. The van der Waals surface area contributed by atoms with Gasteiger partial charge in [-0.15, -0.1) is 0 Å². The van der Waals surface area contributed by atoms with Crippen LogP contribution in [0.25, 0.3) is 0 Å². The summed E-state index contributed by atoms with van der Waals surface area (Å²) in [4.78, 5) is 0. The average molecular weight is 201 g/mol. The van der Waals surface area contributed by atoms with Crippen LogP contribution in [0, 0.1) is 0 Å². The largest absolute Gasteiger partial charge is 0.0895 e. The van der Waals surface area contributed by atoms with E-state index >= 15 is 0 Å². The maximum absolute atomic E-state index is 6.07. The van der Waals surface area contributed by atoms with Crippen LogP contribution in [-0.4, -0.2) is 0 Å². The van der Waals surface area contributed by atoms with Gasteiger partial charge in [-0.1, -0.05) is 56.2 Å². The Kier molecular flexibility index (Phi) is 6.35. The van der Waals surface area contributed by atoms with Gasteiger partial charge in [-0.25, -0.2) is 0 Å². The summed E-state index contributed by atoms with van der Waals surface area (Å²) in [7, 11) is 0. The molecule has 1 aliphatic rings. The van der Waals surface area contributed by atoms with Crippen molar-refractivity contribution in [2.75, 3.05) is 0 Å². The molecule has 0 aromatic carbocycles. The summed E-state index contributed by atoms with van der Waals surface area (Å²) >= 11 is 6.07. The molecule has 1 rings (SSSR count). The summed E-state index contributed by atoms with van der Waals surface area (Å²) in [6, 6.07) is 0. The molecule has 1 heteroatoms. The molecule has 0 radical (unpaired) electrons. The van der Waals surface area contributed by atoms with E-state index in [1.807, 2.05) is 0 Å². The van der Waals surface area contributed by atoms with Crippen LogP contribution < -0.4 is 0 Å². The summed E-state index contributed by atoms with van der Waals surface area (Å²) in [6.07, 6.45) is 15.6. The van der Waals surface area contributed by atoms with E-state index in [-0.39, 0.29) is 0 Å². The first-order valence-corrected chi connectivity index (χ1v) is 6.12. The first-order chi connectivity index (χ1) is 6.39. The highest BCUT2D eigenvalue weighted by molar-refractivity contribution is 6.29. The standard InChI is InChI=1S/C12H21Cl/c13-12-10-8-6-4-2-1-3-5-7-9-11-12/h10H,1-9,11H2. The molecule has 0 aromatic rings. The molecule has 0 aliphatic heterocycles. The van der Waals surface area contributed by atoms with Crippen LogP contribution in [0.3, 0.4) is 0 Å². The molecule has 0 saturated carbocycles. The zero-order valence-electron chi connectivity index (χ0n) is 8.53. The highest BCUT2D eigenvalue weighted by Crippen LogP contribution is 2.18. The van der Waals surface area contributed by atoms with Crippen LogP contribution in [0.15, 0.2) is 11.1 Å². The number of halogens is 1. The van der Waals surface area contributed by atoms with E-state index in [1.54, 1.807) is 0 Å². The monoisotopic (exact) mass is 200 g/mol. The Morgan fingerprint density at radius 3 is 2.00 bits per heavy atom. The van der Waals surface area contributed by atoms with Gasteiger partial charge in [-0.2, -0.15) is 0 Å². The summed E-state index contributed by atoms with van der Waals surface area (Å²) < 4.78 is 0. The molecule has 0 bridgehead atoms. The molecule has 0 saturated heterocycles. The Balaban J connectivity index is 2.23. The molecule has 0 aromatic heterocycles. The second-order valence-corrected chi connectivity index (χ2v) is 4.50. The molecule has 0 fully saturated rings. The Morgan fingerprint density at radius 1 is 0.769 bits per heavy atom. The normalized spacial score (nSPS) is 22.7. The molecule has 13 heavy (non-hydrogen) atoms. The van der Waals surface area contributed by atoms with E-state index in [1.165, 1.54) is 57.8 Å². The van der Waals surface area contributed by atoms with Crippen molar-refractivity contribution in [1.29, 1.82) is 0 Å². The summed E-state index contributed by atoms with van der Waals surface area (Å²) in [5.74, 6) is 0. The van der Waals surface area contributed by atoms with Gasteiger partial charge < -0.3 is 0 Å². The molecule has 0 spiro atoms. The van der Waals surface area contributed by atoms with Gasteiger partial charge in [0, 0.05) is 5.03 Å². The fourth-order valence-electron chi connectivity index (χ4n) is 1.86. The number of hydrogen-bond donors (Lipinski definition) is 0. The predicted octanol–water partition coefficient (Wildman–Crippen LogP) is 5.02. The number of allylic oxidation sites excluding steroid dienone is 2. The second-order valence-electron chi connectivity index (χ2n) is 4.02. The van der Waals surface area contributed by atoms with Crippen LogP contribution in [0.5, 0.6) is 0 Å². The van der Waals surface area contributed by atoms with Crippen LogP contribution >= 0.6 is 11.6 Å². The van der Waals surface area contributed by atoms with Crippen LogP contribution in [-0.2, 0) is 0 Å². The van der Waals surface area contributed by atoms with Crippen LogP contribution in [0.2, 0.25) is 0 Å². The van der Waals surface area contributed by atoms with E-state index in [9.17, 15) is 0 Å². The van der Waals surface area contributed by atoms with Gasteiger partial charge in [0.25, 0.3) is 0 Å².